The molecule has 6 nitrogen and oxygen atoms in total. The van der Waals surface area contributed by atoms with Gasteiger partial charge in [0.05, 0.1) is 9.95 Å². The normalized spacial score (nSPS) is 11.5. The predicted octanol–water partition coefficient (Wildman–Crippen LogP) is 2.59. The van der Waals surface area contributed by atoms with Crippen LogP contribution in [-0.4, -0.2) is 19.9 Å². The zero-order chi connectivity index (χ0) is 13.9. The van der Waals surface area contributed by atoms with Gasteiger partial charge in [-0.15, -0.1) is 0 Å². The third-order valence-corrected chi connectivity index (χ3v) is 4.50. The van der Waals surface area contributed by atoms with Gasteiger partial charge in [-0.05, 0) is 12.5 Å². The first-order valence-corrected chi connectivity index (χ1v) is 7.17. The highest BCUT2D eigenvalue weighted by atomic mass is 35.5. The van der Waals surface area contributed by atoms with Crippen LogP contribution in [0.1, 0.15) is 13.3 Å². The summed E-state index contributed by atoms with van der Waals surface area (Å²) in [5, 5.41) is 10.0. The smallest absolute Gasteiger partial charge is 0.258 e. The molecule has 0 aliphatic heterocycles. The van der Waals surface area contributed by atoms with E-state index in [0.717, 1.165) is 12.1 Å². The molecule has 0 heterocycles. The lowest BCUT2D eigenvalue weighted by Gasteiger charge is -2.09. The zero-order valence-corrected chi connectivity index (χ0v) is 11.6. The fraction of sp³-hybridized carbons (Fsp3) is 0.333. The summed E-state index contributed by atoms with van der Waals surface area (Å²) < 4.78 is 26.1. The van der Waals surface area contributed by atoms with Crippen molar-refractivity contribution in [2.24, 2.45) is 0 Å². The molecule has 0 radical (unpaired) electrons. The monoisotopic (exact) mass is 312 g/mol. The van der Waals surface area contributed by atoms with E-state index in [0.29, 0.717) is 6.42 Å². The molecule has 0 atom stereocenters. The molecule has 0 aromatic heterocycles. The second kappa shape index (κ2) is 5.83. The van der Waals surface area contributed by atoms with Crippen molar-refractivity contribution in [3.05, 3.63) is 32.3 Å². The topological polar surface area (TPSA) is 89.3 Å². The molecule has 9 heteroatoms. The van der Waals surface area contributed by atoms with Gasteiger partial charge in [-0.25, -0.2) is 13.1 Å². The highest BCUT2D eigenvalue weighted by molar-refractivity contribution is 7.89. The standard InChI is InChI=1S/C9H10Cl2N2O4S/c1-2-5-12-18(16,17)9-6(10)3-4-7(8(9)11)13(14)15/h3-4,12H,2,5H2,1H3. The first-order chi connectivity index (χ1) is 8.31. The molecule has 1 rings (SSSR count). The second-order valence-corrected chi connectivity index (χ2v) is 5.85. The largest absolute Gasteiger partial charge is 0.289 e. The quantitative estimate of drug-likeness (QED) is 0.668. The Kier molecular flexibility index (Phi) is 4.92. The van der Waals surface area contributed by atoms with E-state index >= 15 is 0 Å². The maximum atomic E-state index is 11.9. The minimum absolute atomic E-state index is 0.158. The van der Waals surface area contributed by atoms with Crippen LogP contribution in [0.25, 0.3) is 0 Å². The lowest BCUT2D eigenvalue weighted by atomic mass is 10.3. The maximum absolute atomic E-state index is 11.9. The summed E-state index contributed by atoms with van der Waals surface area (Å²) in [4.78, 5) is 9.46. The summed E-state index contributed by atoms with van der Waals surface area (Å²) in [7, 11) is -3.96. The van der Waals surface area contributed by atoms with E-state index in [4.69, 9.17) is 23.2 Å². The molecule has 0 aliphatic rings. The minimum atomic E-state index is -3.96. The van der Waals surface area contributed by atoms with Crippen molar-refractivity contribution in [1.29, 1.82) is 0 Å². The van der Waals surface area contributed by atoms with Crippen LogP contribution in [0.4, 0.5) is 5.69 Å². The third-order valence-electron chi connectivity index (χ3n) is 2.04. The van der Waals surface area contributed by atoms with E-state index < -0.39 is 30.6 Å². The molecule has 1 N–H and O–H groups in total. The van der Waals surface area contributed by atoms with Gasteiger partial charge in [-0.2, -0.15) is 0 Å². The molecule has 0 unspecified atom stereocenters. The van der Waals surface area contributed by atoms with Crippen LogP contribution in [0.3, 0.4) is 0 Å². The molecular formula is C9H10Cl2N2O4S. The Balaban J connectivity index is 3.40. The van der Waals surface area contributed by atoms with Gasteiger partial charge in [0.2, 0.25) is 10.0 Å². The Morgan fingerprint density at radius 2 is 2.00 bits per heavy atom. The molecule has 100 valence electrons. The summed E-state index contributed by atoms with van der Waals surface area (Å²) >= 11 is 11.5. The highest BCUT2D eigenvalue weighted by Crippen LogP contribution is 2.36. The summed E-state index contributed by atoms with van der Waals surface area (Å²) in [6.07, 6.45) is 0.573. The number of hydrogen-bond donors (Lipinski definition) is 1. The number of nitro benzene ring substituents is 1. The van der Waals surface area contributed by atoms with Gasteiger partial charge in [0.1, 0.15) is 9.92 Å². The van der Waals surface area contributed by atoms with Crippen LogP contribution in [0.5, 0.6) is 0 Å². The summed E-state index contributed by atoms with van der Waals surface area (Å²) in [6, 6.07) is 2.19. The fourth-order valence-corrected chi connectivity index (χ4v) is 3.55. The average molecular weight is 313 g/mol. The van der Waals surface area contributed by atoms with Crippen LogP contribution in [0.15, 0.2) is 17.0 Å². The summed E-state index contributed by atoms with van der Waals surface area (Å²) in [5.41, 5.74) is -0.502. The average Bonchev–Trinajstić information content (AvgIpc) is 2.25. The Morgan fingerprint density at radius 3 is 2.50 bits per heavy atom. The number of hydrogen-bond acceptors (Lipinski definition) is 4. The number of nitrogens with one attached hydrogen (secondary N) is 1. The lowest BCUT2D eigenvalue weighted by molar-refractivity contribution is -0.384. The number of halogens is 2. The van der Waals surface area contributed by atoms with E-state index in [2.05, 4.69) is 4.72 Å². The minimum Gasteiger partial charge on any atom is -0.258 e. The van der Waals surface area contributed by atoms with Gasteiger partial charge >= 0.3 is 0 Å². The number of nitrogens with zero attached hydrogens (tertiary/aromatic N) is 1. The van der Waals surface area contributed by atoms with Crippen LogP contribution in [0.2, 0.25) is 10.0 Å². The second-order valence-electron chi connectivity index (χ2n) is 3.36. The Bertz CT molecular complexity index is 574. The summed E-state index contributed by atoms with van der Waals surface area (Å²) in [5.74, 6) is 0. The lowest BCUT2D eigenvalue weighted by Crippen LogP contribution is -2.25. The number of nitro groups is 1. The van der Waals surface area contributed by atoms with Gasteiger partial charge in [-0.3, -0.25) is 10.1 Å². The fourth-order valence-electron chi connectivity index (χ4n) is 1.22. The van der Waals surface area contributed by atoms with E-state index in [-0.39, 0.29) is 11.6 Å². The number of sulfonamides is 1. The molecule has 0 saturated heterocycles. The molecule has 0 fully saturated rings. The summed E-state index contributed by atoms with van der Waals surface area (Å²) in [6.45, 7) is 1.97. The van der Waals surface area contributed by atoms with Crippen LogP contribution in [0, 0.1) is 10.1 Å². The van der Waals surface area contributed by atoms with Crippen LogP contribution >= 0.6 is 23.2 Å². The van der Waals surface area contributed by atoms with Crippen molar-refractivity contribution in [3.8, 4) is 0 Å². The molecule has 0 saturated carbocycles. The Morgan fingerprint density at radius 1 is 1.39 bits per heavy atom. The maximum Gasteiger partial charge on any atom is 0.289 e. The van der Waals surface area contributed by atoms with Crippen LogP contribution in [-0.2, 0) is 10.0 Å². The van der Waals surface area contributed by atoms with Crippen molar-refractivity contribution in [3.63, 3.8) is 0 Å². The third kappa shape index (κ3) is 3.11. The first kappa shape index (κ1) is 15.2. The van der Waals surface area contributed by atoms with E-state index in [9.17, 15) is 18.5 Å². The van der Waals surface area contributed by atoms with Crippen molar-refractivity contribution < 1.29 is 13.3 Å². The Labute approximate surface area is 114 Å². The van der Waals surface area contributed by atoms with E-state index in [1.54, 1.807) is 6.92 Å². The molecule has 1 aromatic rings. The first-order valence-electron chi connectivity index (χ1n) is 4.93. The molecule has 0 amide bonds. The zero-order valence-electron chi connectivity index (χ0n) is 9.31. The number of rotatable bonds is 5. The van der Waals surface area contributed by atoms with Gasteiger partial charge in [-0.1, -0.05) is 30.1 Å². The molecule has 0 bridgehead atoms. The van der Waals surface area contributed by atoms with Crippen molar-refractivity contribution in [2.45, 2.75) is 18.2 Å². The molecule has 1 aromatic carbocycles. The SMILES string of the molecule is CCCNS(=O)(=O)c1c(Cl)ccc([N+](=O)[O-])c1Cl. The number of benzene rings is 1. The van der Waals surface area contributed by atoms with Crippen LogP contribution < -0.4 is 4.72 Å². The highest BCUT2D eigenvalue weighted by Gasteiger charge is 2.27. The molecule has 0 spiro atoms. The van der Waals surface area contributed by atoms with Gasteiger partial charge in [0.15, 0.2) is 0 Å². The molecule has 18 heavy (non-hydrogen) atoms. The van der Waals surface area contributed by atoms with Gasteiger partial charge in [0.25, 0.3) is 5.69 Å². The van der Waals surface area contributed by atoms with Crippen molar-refractivity contribution >= 4 is 38.9 Å². The Hall–Kier alpha value is -0.890. The van der Waals surface area contributed by atoms with E-state index in [1.807, 2.05) is 0 Å². The van der Waals surface area contributed by atoms with Gasteiger partial charge < -0.3 is 0 Å². The van der Waals surface area contributed by atoms with Gasteiger partial charge in [0, 0.05) is 12.6 Å². The van der Waals surface area contributed by atoms with Crippen molar-refractivity contribution in [2.75, 3.05) is 6.54 Å². The molecular weight excluding hydrogens is 303 g/mol. The predicted molar refractivity (Wildman–Crippen MR) is 68.6 cm³/mol. The molecule has 0 aliphatic carbocycles. The van der Waals surface area contributed by atoms with Crippen molar-refractivity contribution in [1.82, 2.24) is 4.72 Å². The van der Waals surface area contributed by atoms with E-state index in [1.165, 1.54) is 0 Å².